The maximum Gasteiger partial charge on any atom is 0.164 e. The Balaban J connectivity index is 1.94. The first kappa shape index (κ1) is 20.1. The van der Waals surface area contributed by atoms with E-state index in [0.717, 1.165) is 16.7 Å². The number of methoxy groups -OCH3 is 1. The fourth-order valence-electron chi connectivity index (χ4n) is 3.37. The van der Waals surface area contributed by atoms with E-state index in [1.807, 2.05) is 32.9 Å². The van der Waals surface area contributed by atoms with Crippen LogP contribution in [0.1, 0.15) is 52.1 Å². The number of aryl methyl sites for hydroxylation is 3. The van der Waals surface area contributed by atoms with Crippen LogP contribution in [0.4, 0.5) is 0 Å². The van der Waals surface area contributed by atoms with Crippen LogP contribution in [-0.4, -0.2) is 30.6 Å². The fraction of sp³-hybridized carbons (Fsp3) is 0.409. The molecule has 26 heavy (non-hydrogen) atoms. The molecule has 2 rings (SSSR count). The quantitative estimate of drug-likeness (QED) is 0.705. The van der Waals surface area contributed by atoms with Gasteiger partial charge in [0.05, 0.1) is 13.2 Å². The lowest BCUT2D eigenvalue weighted by molar-refractivity contribution is 0.0971. The number of Topliss-reactive ketones (excluding diaryl/α,β-unsaturated/α-hetero) is 1. The number of rotatable bonds is 8. The van der Waals surface area contributed by atoms with Gasteiger partial charge >= 0.3 is 0 Å². The molecule has 4 heteroatoms. The molecule has 0 bridgehead atoms. The largest absolute Gasteiger partial charge is 0.497 e. The number of aliphatic hydroxyl groups is 1. The van der Waals surface area contributed by atoms with Gasteiger partial charge in [-0.1, -0.05) is 29.8 Å². The zero-order valence-corrected chi connectivity index (χ0v) is 16.3. The standard InChI is InChI=1S/C22H29NO3/c1-14-11-15(2)21(16(3)12-14)22(25)17(4)23-10-9-20(24)18-7-6-8-19(13-18)26-5/h6-8,11-13,17,22-23,25H,9-10H2,1-5H3. The van der Waals surface area contributed by atoms with Crippen molar-refractivity contribution in [1.82, 2.24) is 5.32 Å². The average molecular weight is 355 g/mol. The number of ketones is 1. The second-order valence-electron chi connectivity index (χ2n) is 6.91. The van der Waals surface area contributed by atoms with Gasteiger partial charge in [-0.25, -0.2) is 0 Å². The summed E-state index contributed by atoms with van der Waals surface area (Å²) in [4.78, 5) is 12.3. The molecule has 0 heterocycles. The molecule has 0 amide bonds. The van der Waals surface area contributed by atoms with Crippen LogP contribution in [0.25, 0.3) is 0 Å². The van der Waals surface area contributed by atoms with E-state index >= 15 is 0 Å². The summed E-state index contributed by atoms with van der Waals surface area (Å²) in [6.07, 6.45) is -0.238. The van der Waals surface area contributed by atoms with Crippen molar-refractivity contribution in [2.24, 2.45) is 0 Å². The molecule has 2 atom stereocenters. The Bertz CT molecular complexity index is 747. The van der Waals surface area contributed by atoms with E-state index in [0.29, 0.717) is 24.3 Å². The van der Waals surface area contributed by atoms with Crippen molar-refractivity contribution < 1.29 is 14.6 Å². The first-order valence-electron chi connectivity index (χ1n) is 9.00. The van der Waals surface area contributed by atoms with Crippen LogP contribution in [-0.2, 0) is 0 Å². The third kappa shape index (κ3) is 4.93. The normalized spacial score (nSPS) is 13.3. The van der Waals surface area contributed by atoms with Gasteiger partial charge in [-0.15, -0.1) is 0 Å². The van der Waals surface area contributed by atoms with Crippen molar-refractivity contribution >= 4 is 5.78 Å². The molecule has 0 fully saturated rings. The molecule has 2 aromatic rings. The Labute approximate surface area is 156 Å². The average Bonchev–Trinajstić information content (AvgIpc) is 2.60. The minimum atomic E-state index is -0.609. The molecule has 0 aromatic heterocycles. The Morgan fingerprint density at radius 3 is 2.42 bits per heavy atom. The minimum absolute atomic E-state index is 0.0563. The van der Waals surface area contributed by atoms with Crippen LogP contribution in [0.2, 0.25) is 0 Å². The van der Waals surface area contributed by atoms with Gasteiger partial charge in [-0.05, 0) is 56.5 Å². The summed E-state index contributed by atoms with van der Waals surface area (Å²) >= 11 is 0. The highest BCUT2D eigenvalue weighted by Gasteiger charge is 2.20. The van der Waals surface area contributed by atoms with Crippen LogP contribution < -0.4 is 10.1 Å². The van der Waals surface area contributed by atoms with Gasteiger partial charge in [-0.2, -0.15) is 0 Å². The molecule has 0 radical (unpaired) electrons. The smallest absolute Gasteiger partial charge is 0.164 e. The monoisotopic (exact) mass is 355 g/mol. The van der Waals surface area contributed by atoms with Gasteiger partial charge in [0.1, 0.15) is 5.75 Å². The molecule has 0 spiro atoms. The van der Waals surface area contributed by atoms with Gasteiger partial charge in [0, 0.05) is 24.6 Å². The number of ether oxygens (including phenoxy) is 1. The fourth-order valence-corrected chi connectivity index (χ4v) is 3.37. The van der Waals surface area contributed by atoms with E-state index < -0.39 is 6.10 Å². The highest BCUT2D eigenvalue weighted by molar-refractivity contribution is 5.96. The van der Waals surface area contributed by atoms with Crippen molar-refractivity contribution in [3.63, 3.8) is 0 Å². The van der Waals surface area contributed by atoms with Crippen molar-refractivity contribution in [3.8, 4) is 5.75 Å². The number of benzene rings is 2. The van der Waals surface area contributed by atoms with Crippen LogP contribution >= 0.6 is 0 Å². The van der Waals surface area contributed by atoms with Crippen LogP contribution in [0.5, 0.6) is 5.75 Å². The van der Waals surface area contributed by atoms with Gasteiger partial charge in [0.25, 0.3) is 0 Å². The maximum absolute atomic E-state index is 12.3. The van der Waals surface area contributed by atoms with Crippen molar-refractivity contribution in [1.29, 1.82) is 0 Å². The van der Waals surface area contributed by atoms with Gasteiger partial charge in [0.2, 0.25) is 0 Å². The van der Waals surface area contributed by atoms with E-state index in [2.05, 4.69) is 24.4 Å². The second-order valence-corrected chi connectivity index (χ2v) is 6.91. The van der Waals surface area contributed by atoms with Crippen molar-refractivity contribution in [2.45, 2.75) is 46.3 Å². The molecule has 0 aliphatic heterocycles. The molecule has 0 aliphatic rings. The van der Waals surface area contributed by atoms with Crippen LogP contribution in [0.3, 0.4) is 0 Å². The second kappa shape index (κ2) is 8.97. The van der Waals surface area contributed by atoms with E-state index in [1.165, 1.54) is 5.56 Å². The van der Waals surface area contributed by atoms with E-state index in [1.54, 1.807) is 19.2 Å². The summed E-state index contributed by atoms with van der Waals surface area (Å²) in [5, 5.41) is 14.0. The predicted octanol–water partition coefficient (Wildman–Crippen LogP) is 3.90. The number of carbonyl (C=O) groups is 1. The SMILES string of the molecule is COc1cccc(C(=O)CCNC(C)C(O)c2c(C)cc(C)cc2C)c1. The molecule has 0 saturated carbocycles. The van der Waals surface area contributed by atoms with Gasteiger partial charge in [0.15, 0.2) is 5.78 Å². The number of aliphatic hydroxyl groups excluding tert-OH is 1. The van der Waals surface area contributed by atoms with Gasteiger partial charge < -0.3 is 15.2 Å². The summed E-state index contributed by atoms with van der Waals surface area (Å²) in [5.41, 5.74) is 4.99. The molecule has 0 saturated heterocycles. The number of nitrogens with one attached hydrogen (secondary N) is 1. The maximum atomic E-state index is 12.3. The van der Waals surface area contributed by atoms with Gasteiger partial charge in [-0.3, -0.25) is 4.79 Å². The number of hydrogen-bond acceptors (Lipinski definition) is 4. The molecular weight excluding hydrogens is 326 g/mol. The molecule has 2 unspecified atom stereocenters. The molecule has 140 valence electrons. The minimum Gasteiger partial charge on any atom is -0.497 e. The summed E-state index contributed by atoms with van der Waals surface area (Å²) in [5.74, 6) is 0.735. The highest BCUT2D eigenvalue weighted by atomic mass is 16.5. The molecule has 2 N–H and O–H groups in total. The topological polar surface area (TPSA) is 58.6 Å². The lowest BCUT2D eigenvalue weighted by atomic mass is 9.92. The Hall–Kier alpha value is -2.17. The van der Waals surface area contributed by atoms with E-state index in [-0.39, 0.29) is 11.8 Å². The third-order valence-corrected chi connectivity index (χ3v) is 4.72. The first-order chi connectivity index (χ1) is 12.3. The Morgan fingerprint density at radius 2 is 1.81 bits per heavy atom. The Morgan fingerprint density at radius 1 is 1.15 bits per heavy atom. The predicted molar refractivity (Wildman–Crippen MR) is 105 cm³/mol. The summed E-state index contributed by atoms with van der Waals surface area (Å²) in [6.45, 7) is 8.56. The number of hydrogen-bond donors (Lipinski definition) is 2. The summed E-state index contributed by atoms with van der Waals surface area (Å²) < 4.78 is 5.16. The first-order valence-corrected chi connectivity index (χ1v) is 9.00. The lowest BCUT2D eigenvalue weighted by Gasteiger charge is -2.24. The van der Waals surface area contributed by atoms with Crippen molar-refractivity contribution in [3.05, 3.63) is 64.2 Å². The number of carbonyl (C=O) groups excluding carboxylic acids is 1. The zero-order chi connectivity index (χ0) is 19.3. The highest BCUT2D eigenvalue weighted by Crippen LogP contribution is 2.26. The summed E-state index contributed by atoms with van der Waals surface area (Å²) in [6, 6.07) is 11.2. The van der Waals surface area contributed by atoms with Crippen molar-refractivity contribution in [2.75, 3.05) is 13.7 Å². The van der Waals surface area contributed by atoms with E-state index in [4.69, 9.17) is 4.74 Å². The molecule has 4 nitrogen and oxygen atoms in total. The zero-order valence-electron chi connectivity index (χ0n) is 16.3. The van der Waals surface area contributed by atoms with Crippen LogP contribution in [0, 0.1) is 20.8 Å². The summed E-state index contributed by atoms with van der Waals surface area (Å²) in [7, 11) is 1.59. The third-order valence-electron chi connectivity index (χ3n) is 4.72. The molecular formula is C22H29NO3. The van der Waals surface area contributed by atoms with E-state index in [9.17, 15) is 9.90 Å². The lowest BCUT2D eigenvalue weighted by Crippen LogP contribution is -2.34. The Kier molecular flexibility index (Phi) is 6.95. The van der Waals surface area contributed by atoms with Crippen LogP contribution in [0.15, 0.2) is 36.4 Å². The molecule has 2 aromatic carbocycles. The molecule has 0 aliphatic carbocycles.